The van der Waals surface area contributed by atoms with Crippen LogP contribution in [0.15, 0.2) is 42.7 Å². The van der Waals surface area contributed by atoms with Gasteiger partial charge in [-0.2, -0.15) is 5.10 Å². The molecule has 1 aliphatic rings. The average Bonchev–Trinajstić information content (AvgIpc) is 3.59. The first-order chi connectivity index (χ1) is 20.2. The fraction of sp³-hybridized carbons (Fsp3) is 0.533. The lowest BCUT2D eigenvalue weighted by Crippen LogP contribution is -2.44. The Hall–Kier alpha value is -4.26. The number of nitrogens with zero attached hydrogens (tertiary/aromatic N) is 5. The number of ether oxygens (including phenoxy) is 3. The van der Waals surface area contributed by atoms with Crippen molar-refractivity contribution in [3.8, 4) is 5.69 Å². The highest BCUT2D eigenvalue weighted by Gasteiger charge is 2.38. The number of nitrogens with one attached hydrogen (secondary N) is 2. The first-order valence-electron chi connectivity index (χ1n) is 14.3. The molecule has 2 N–H and O–H groups in total. The van der Waals surface area contributed by atoms with Gasteiger partial charge in [-0.25, -0.2) is 19.0 Å². The Morgan fingerprint density at radius 2 is 1.58 bits per heavy atom. The monoisotopic (exact) mass is 595 g/mol. The number of benzene rings is 1. The van der Waals surface area contributed by atoms with Crippen molar-refractivity contribution in [2.24, 2.45) is 0 Å². The third kappa shape index (κ3) is 8.87. The Kier molecular flexibility index (Phi) is 9.53. The Bertz CT molecular complexity index is 1420. The van der Waals surface area contributed by atoms with Crippen LogP contribution in [0, 0.1) is 6.92 Å². The minimum Gasteiger partial charge on any atom is -0.444 e. The topological polar surface area (TPSA) is 151 Å². The first kappa shape index (κ1) is 31.7. The summed E-state index contributed by atoms with van der Waals surface area (Å²) in [5, 5.41) is 18.2. The number of carbonyl (C=O) groups excluding carboxylic acids is 3. The summed E-state index contributed by atoms with van der Waals surface area (Å²) in [5.74, 6) is -0.168. The summed E-state index contributed by atoms with van der Waals surface area (Å²) in [4.78, 5) is 38.2. The Morgan fingerprint density at radius 1 is 0.930 bits per heavy atom. The van der Waals surface area contributed by atoms with Gasteiger partial charge in [-0.3, -0.25) is 4.79 Å². The third-order valence-electron chi connectivity index (χ3n) is 6.67. The number of aromatic nitrogens is 5. The summed E-state index contributed by atoms with van der Waals surface area (Å²) in [6.07, 6.45) is 2.37. The number of Topliss-reactive ketones (excluding diaryl/α,β-unsaturated/α-hetero) is 1. The zero-order chi connectivity index (χ0) is 31.4. The van der Waals surface area contributed by atoms with Crippen LogP contribution in [0.2, 0.25) is 0 Å². The van der Waals surface area contributed by atoms with E-state index in [-0.39, 0.29) is 25.0 Å². The standard InChI is InChI=1S/C30H41N7O6/c1-19-23(16-32-37(19)21-11-9-8-10-12-21)25(38)17-36-22(15-31-35-36)18-41-26-14-20(33-27(39)42-29(2,3)4)13-24(26)34-28(40)43-30(5,6)7/h8-12,15-16,20,24,26H,13-14,17-18H2,1-7H3,(H,33,39)(H,34,40)/t20-,24+,26+/m0/s1. The van der Waals surface area contributed by atoms with Crippen molar-refractivity contribution >= 4 is 18.0 Å². The molecule has 0 spiro atoms. The van der Waals surface area contributed by atoms with Crippen molar-refractivity contribution in [3.63, 3.8) is 0 Å². The first-order valence-corrected chi connectivity index (χ1v) is 14.3. The summed E-state index contributed by atoms with van der Waals surface area (Å²) < 4.78 is 20.3. The Labute approximate surface area is 251 Å². The van der Waals surface area contributed by atoms with E-state index < -0.39 is 35.5 Å². The molecule has 0 bridgehead atoms. The number of amides is 2. The molecule has 3 aromatic rings. The smallest absolute Gasteiger partial charge is 0.407 e. The highest BCUT2D eigenvalue weighted by atomic mass is 16.6. The van der Waals surface area contributed by atoms with Gasteiger partial charge in [0.05, 0.1) is 53.8 Å². The molecule has 1 saturated carbocycles. The van der Waals surface area contributed by atoms with Gasteiger partial charge in [-0.1, -0.05) is 23.4 Å². The van der Waals surface area contributed by atoms with Gasteiger partial charge in [0, 0.05) is 6.04 Å². The van der Waals surface area contributed by atoms with E-state index in [1.807, 2.05) is 37.3 Å². The minimum atomic E-state index is -0.673. The maximum absolute atomic E-state index is 13.2. The van der Waals surface area contributed by atoms with Crippen LogP contribution in [-0.4, -0.2) is 72.1 Å². The van der Waals surface area contributed by atoms with E-state index in [4.69, 9.17) is 14.2 Å². The van der Waals surface area contributed by atoms with Crippen LogP contribution in [-0.2, 0) is 27.4 Å². The van der Waals surface area contributed by atoms with Crippen LogP contribution < -0.4 is 10.6 Å². The lowest BCUT2D eigenvalue weighted by atomic mass is 10.1. The molecule has 0 aliphatic heterocycles. The van der Waals surface area contributed by atoms with E-state index >= 15 is 0 Å². The molecule has 1 fully saturated rings. The van der Waals surface area contributed by atoms with Gasteiger partial charge in [0.25, 0.3) is 0 Å². The maximum atomic E-state index is 13.2. The molecule has 0 radical (unpaired) electrons. The van der Waals surface area contributed by atoms with E-state index in [0.717, 1.165) is 11.4 Å². The molecule has 3 atom stereocenters. The van der Waals surface area contributed by atoms with Crippen molar-refractivity contribution in [2.75, 3.05) is 0 Å². The summed E-state index contributed by atoms with van der Waals surface area (Å²) in [5.41, 5.74) is 1.34. The van der Waals surface area contributed by atoms with Crippen LogP contribution in [0.5, 0.6) is 0 Å². The van der Waals surface area contributed by atoms with Crippen LogP contribution in [0.3, 0.4) is 0 Å². The van der Waals surface area contributed by atoms with Crippen LogP contribution >= 0.6 is 0 Å². The molecular weight excluding hydrogens is 554 g/mol. The van der Waals surface area contributed by atoms with Gasteiger partial charge in [-0.15, -0.1) is 5.10 Å². The van der Waals surface area contributed by atoms with Crippen molar-refractivity contribution in [1.29, 1.82) is 0 Å². The van der Waals surface area contributed by atoms with Gasteiger partial charge >= 0.3 is 12.2 Å². The molecule has 13 nitrogen and oxygen atoms in total. The second-order valence-corrected chi connectivity index (χ2v) is 12.6. The van der Waals surface area contributed by atoms with Gasteiger partial charge in [0.1, 0.15) is 17.7 Å². The molecule has 2 heterocycles. The molecule has 1 aliphatic carbocycles. The molecule has 0 unspecified atom stereocenters. The number of carbonyl (C=O) groups is 3. The summed E-state index contributed by atoms with van der Waals surface area (Å²) >= 11 is 0. The SMILES string of the molecule is Cc1c(C(=O)Cn2nncc2CO[C@@H]2C[C@@H](NC(=O)OC(C)(C)C)C[C@H]2NC(=O)OC(C)(C)C)cnn1-c1ccccc1. The van der Waals surface area contributed by atoms with Gasteiger partial charge in [0.2, 0.25) is 0 Å². The summed E-state index contributed by atoms with van der Waals surface area (Å²) in [7, 11) is 0. The van der Waals surface area contributed by atoms with E-state index in [0.29, 0.717) is 24.1 Å². The minimum absolute atomic E-state index is 0.0485. The molecule has 43 heavy (non-hydrogen) atoms. The second kappa shape index (κ2) is 12.9. The second-order valence-electron chi connectivity index (χ2n) is 12.6. The zero-order valence-electron chi connectivity index (χ0n) is 25.8. The van der Waals surface area contributed by atoms with E-state index in [2.05, 4.69) is 26.0 Å². The molecule has 0 saturated heterocycles. The molecular formula is C30H41N7O6. The van der Waals surface area contributed by atoms with Crippen molar-refractivity contribution in [2.45, 2.75) is 104 Å². The number of hydrogen-bond acceptors (Lipinski definition) is 9. The van der Waals surface area contributed by atoms with E-state index in [1.54, 1.807) is 52.4 Å². The van der Waals surface area contributed by atoms with Gasteiger partial charge in [0.15, 0.2) is 5.78 Å². The lowest BCUT2D eigenvalue weighted by Gasteiger charge is -2.24. The summed E-state index contributed by atoms with van der Waals surface area (Å²) in [6, 6.07) is 8.84. The Balaban J connectivity index is 1.41. The van der Waals surface area contributed by atoms with E-state index in [1.165, 1.54) is 10.9 Å². The van der Waals surface area contributed by atoms with Crippen LogP contribution in [0.4, 0.5) is 9.59 Å². The van der Waals surface area contributed by atoms with Crippen molar-refractivity contribution < 1.29 is 28.6 Å². The number of ketones is 1. The molecule has 4 rings (SSSR count). The fourth-order valence-corrected chi connectivity index (χ4v) is 4.84. The number of hydrogen-bond donors (Lipinski definition) is 2. The quantitative estimate of drug-likeness (QED) is 0.348. The van der Waals surface area contributed by atoms with Crippen molar-refractivity contribution in [1.82, 2.24) is 35.4 Å². The zero-order valence-corrected chi connectivity index (χ0v) is 25.8. The molecule has 2 amide bonds. The molecule has 232 valence electrons. The van der Waals surface area contributed by atoms with Gasteiger partial charge in [-0.05, 0) is 73.4 Å². The third-order valence-corrected chi connectivity index (χ3v) is 6.67. The number of para-hydroxylation sites is 1. The highest BCUT2D eigenvalue weighted by Crippen LogP contribution is 2.25. The average molecular weight is 596 g/mol. The molecule has 1 aromatic carbocycles. The maximum Gasteiger partial charge on any atom is 0.407 e. The van der Waals surface area contributed by atoms with E-state index in [9.17, 15) is 14.4 Å². The fourth-order valence-electron chi connectivity index (χ4n) is 4.84. The van der Waals surface area contributed by atoms with Gasteiger partial charge < -0.3 is 24.8 Å². The Morgan fingerprint density at radius 3 is 2.23 bits per heavy atom. The predicted octanol–water partition coefficient (Wildman–Crippen LogP) is 4.12. The largest absolute Gasteiger partial charge is 0.444 e. The summed E-state index contributed by atoms with van der Waals surface area (Å²) in [6.45, 7) is 12.6. The number of alkyl carbamates (subject to hydrolysis) is 2. The molecule has 13 heteroatoms. The highest BCUT2D eigenvalue weighted by molar-refractivity contribution is 5.96. The normalized spacial score (nSPS) is 18.7. The van der Waals surface area contributed by atoms with Crippen LogP contribution in [0.1, 0.15) is 76.1 Å². The van der Waals surface area contributed by atoms with Crippen LogP contribution in [0.25, 0.3) is 5.69 Å². The molecule has 2 aromatic heterocycles. The lowest BCUT2D eigenvalue weighted by molar-refractivity contribution is 0.0132. The predicted molar refractivity (Wildman–Crippen MR) is 157 cm³/mol. The van der Waals surface area contributed by atoms with Crippen molar-refractivity contribution in [3.05, 3.63) is 59.7 Å². The number of rotatable bonds is 9.